The SMILES string of the molecule is CC(C)S(=O)(=O)CC1(c2ccc(O)cc2)CC1. The molecule has 1 fully saturated rings. The summed E-state index contributed by atoms with van der Waals surface area (Å²) in [7, 11) is -3.01. The van der Waals surface area contributed by atoms with Crippen molar-refractivity contribution in [1.29, 1.82) is 0 Å². The van der Waals surface area contributed by atoms with Crippen LogP contribution in [0.2, 0.25) is 0 Å². The van der Waals surface area contributed by atoms with Crippen LogP contribution in [0.15, 0.2) is 24.3 Å². The Bertz CT molecular complexity index is 496. The van der Waals surface area contributed by atoms with Crippen LogP contribution >= 0.6 is 0 Å². The van der Waals surface area contributed by atoms with E-state index in [2.05, 4.69) is 0 Å². The van der Waals surface area contributed by atoms with E-state index in [-0.39, 0.29) is 22.2 Å². The number of aromatic hydroxyl groups is 1. The lowest BCUT2D eigenvalue weighted by molar-refractivity contribution is 0.475. The van der Waals surface area contributed by atoms with Gasteiger partial charge < -0.3 is 5.11 Å². The molecule has 0 aromatic heterocycles. The van der Waals surface area contributed by atoms with Crippen LogP contribution < -0.4 is 0 Å². The molecular formula is C13H18O3S. The van der Waals surface area contributed by atoms with Crippen molar-refractivity contribution in [2.24, 2.45) is 0 Å². The number of phenolic OH excluding ortho intramolecular Hbond substituents is 1. The first-order valence-corrected chi connectivity index (χ1v) is 7.58. The summed E-state index contributed by atoms with van der Waals surface area (Å²) in [4.78, 5) is 0. The molecule has 1 saturated carbocycles. The predicted molar refractivity (Wildman–Crippen MR) is 67.9 cm³/mol. The van der Waals surface area contributed by atoms with E-state index in [1.807, 2.05) is 12.1 Å². The minimum atomic E-state index is -3.01. The number of benzene rings is 1. The first-order valence-electron chi connectivity index (χ1n) is 5.87. The second kappa shape index (κ2) is 4.02. The zero-order valence-electron chi connectivity index (χ0n) is 10.2. The summed E-state index contributed by atoms with van der Waals surface area (Å²) >= 11 is 0. The second-order valence-electron chi connectivity index (χ2n) is 5.18. The summed E-state index contributed by atoms with van der Waals surface area (Å²) in [5.74, 6) is 0.443. The third-order valence-corrected chi connectivity index (χ3v) is 5.92. The van der Waals surface area contributed by atoms with Gasteiger partial charge in [-0.2, -0.15) is 0 Å². The van der Waals surface area contributed by atoms with E-state index < -0.39 is 9.84 Å². The van der Waals surface area contributed by atoms with Gasteiger partial charge in [-0.1, -0.05) is 12.1 Å². The fourth-order valence-electron chi connectivity index (χ4n) is 2.03. The third kappa shape index (κ3) is 2.46. The summed E-state index contributed by atoms with van der Waals surface area (Å²) < 4.78 is 24.0. The molecule has 0 aliphatic heterocycles. The van der Waals surface area contributed by atoms with Crippen LogP contribution in [0, 0.1) is 0 Å². The molecule has 1 N–H and O–H groups in total. The molecule has 0 amide bonds. The zero-order valence-corrected chi connectivity index (χ0v) is 11.0. The maximum absolute atomic E-state index is 12.0. The quantitative estimate of drug-likeness (QED) is 0.896. The van der Waals surface area contributed by atoms with Crippen molar-refractivity contribution in [3.05, 3.63) is 29.8 Å². The molecule has 0 spiro atoms. The van der Waals surface area contributed by atoms with Gasteiger partial charge in [-0.05, 0) is 44.4 Å². The lowest BCUT2D eigenvalue weighted by atomic mass is 9.98. The molecule has 2 rings (SSSR count). The van der Waals surface area contributed by atoms with Crippen molar-refractivity contribution >= 4 is 9.84 Å². The fraction of sp³-hybridized carbons (Fsp3) is 0.538. The largest absolute Gasteiger partial charge is 0.508 e. The molecule has 3 nitrogen and oxygen atoms in total. The molecule has 1 aliphatic rings. The van der Waals surface area contributed by atoms with Gasteiger partial charge in [0.15, 0.2) is 9.84 Å². The molecule has 1 aromatic carbocycles. The molecule has 1 aromatic rings. The zero-order chi connectivity index (χ0) is 12.7. The van der Waals surface area contributed by atoms with Crippen LogP contribution in [0.5, 0.6) is 5.75 Å². The summed E-state index contributed by atoms with van der Waals surface area (Å²) in [5, 5.41) is 8.92. The van der Waals surface area contributed by atoms with E-state index in [0.29, 0.717) is 0 Å². The standard InChI is InChI=1S/C13H18O3S/c1-10(2)17(15,16)9-13(7-8-13)11-3-5-12(14)6-4-11/h3-6,10,14H,7-9H2,1-2H3. The molecule has 17 heavy (non-hydrogen) atoms. The molecule has 1 aliphatic carbocycles. The molecule has 0 saturated heterocycles. The van der Waals surface area contributed by atoms with Crippen molar-refractivity contribution in [2.75, 3.05) is 5.75 Å². The Labute approximate surface area is 102 Å². The van der Waals surface area contributed by atoms with Crippen LogP contribution in [-0.2, 0) is 15.3 Å². The highest BCUT2D eigenvalue weighted by Gasteiger charge is 2.47. The lowest BCUT2D eigenvalue weighted by Gasteiger charge is -2.17. The normalized spacial score (nSPS) is 18.3. The number of rotatable bonds is 4. The monoisotopic (exact) mass is 254 g/mol. The van der Waals surface area contributed by atoms with E-state index >= 15 is 0 Å². The molecule has 0 bridgehead atoms. The van der Waals surface area contributed by atoms with Crippen molar-refractivity contribution in [2.45, 2.75) is 37.4 Å². The topological polar surface area (TPSA) is 54.4 Å². The molecule has 94 valence electrons. The second-order valence-corrected chi connectivity index (χ2v) is 7.74. The van der Waals surface area contributed by atoms with E-state index in [9.17, 15) is 13.5 Å². The highest BCUT2D eigenvalue weighted by molar-refractivity contribution is 7.92. The maximum atomic E-state index is 12.0. The average molecular weight is 254 g/mol. The highest BCUT2D eigenvalue weighted by atomic mass is 32.2. The summed E-state index contributed by atoms with van der Waals surface area (Å²) in [6.45, 7) is 3.45. The van der Waals surface area contributed by atoms with Gasteiger partial charge in [-0.3, -0.25) is 0 Å². The highest BCUT2D eigenvalue weighted by Crippen LogP contribution is 2.49. The van der Waals surface area contributed by atoms with Crippen molar-refractivity contribution in [3.8, 4) is 5.75 Å². The smallest absolute Gasteiger partial charge is 0.153 e. The van der Waals surface area contributed by atoms with Crippen LogP contribution in [0.1, 0.15) is 32.3 Å². The minimum Gasteiger partial charge on any atom is -0.508 e. The maximum Gasteiger partial charge on any atom is 0.153 e. The van der Waals surface area contributed by atoms with Gasteiger partial charge in [-0.15, -0.1) is 0 Å². The number of hydrogen-bond donors (Lipinski definition) is 1. The molecule has 0 heterocycles. The molecule has 0 unspecified atom stereocenters. The minimum absolute atomic E-state index is 0.198. The van der Waals surface area contributed by atoms with Crippen LogP contribution in [0.3, 0.4) is 0 Å². The van der Waals surface area contributed by atoms with Gasteiger partial charge in [-0.25, -0.2) is 8.42 Å². The fourth-order valence-corrected chi connectivity index (χ4v) is 3.59. The summed E-state index contributed by atoms with van der Waals surface area (Å²) in [5.41, 5.74) is 0.830. The van der Waals surface area contributed by atoms with Gasteiger partial charge in [0.2, 0.25) is 0 Å². The Balaban J connectivity index is 2.24. The number of phenols is 1. The Morgan fingerprint density at radius 2 is 1.76 bits per heavy atom. The molecule has 4 heteroatoms. The lowest BCUT2D eigenvalue weighted by Crippen LogP contribution is -2.26. The molecule has 0 radical (unpaired) electrons. The van der Waals surface area contributed by atoms with E-state index in [1.54, 1.807) is 26.0 Å². The first kappa shape index (κ1) is 12.4. The van der Waals surface area contributed by atoms with Gasteiger partial charge in [0.25, 0.3) is 0 Å². The van der Waals surface area contributed by atoms with Crippen LogP contribution in [-0.4, -0.2) is 24.5 Å². The Morgan fingerprint density at radius 3 is 2.18 bits per heavy atom. The van der Waals surface area contributed by atoms with E-state index in [1.165, 1.54) is 0 Å². The molecule has 0 atom stereocenters. The first-order chi connectivity index (χ1) is 7.86. The van der Waals surface area contributed by atoms with Crippen LogP contribution in [0.4, 0.5) is 0 Å². The molecular weight excluding hydrogens is 236 g/mol. The summed E-state index contributed by atoms with van der Waals surface area (Å²) in [6.07, 6.45) is 1.84. The van der Waals surface area contributed by atoms with Gasteiger partial charge in [0.1, 0.15) is 5.75 Å². The van der Waals surface area contributed by atoms with Gasteiger partial charge in [0.05, 0.1) is 11.0 Å². The van der Waals surface area contributed by atoms with Gasteiger partial charge >= 0.3 is 0 Å². The average Bonchev–Trinajstić information content (AvgIpc) is 2.98. The Hall–Kier alpha value is -1.03. The Morgan fingerprint density at radius 1 is 1.24 bits per heavy atom. The van der Waals surface area contributed by atoms with Crippen LogP contribution in [0.25, 0.3) is 0 Å². The predicted octanol–water partition coefficient (Wildman–Crippen LogP) is 2.25. The van der Waals surface area contributed by atoms with Crippen molar-refractivity contribution < 1.29 is 13.5 Å². The van der Waals surface area contributed by atoms with Crippen molar-refractivity contribution in [1.82, 2.24) is 0 Å². The summed E-state index contributed by atoms with van der Waals surface area (Å²) in [6, 6.07) is 6.91. The third-order valence-electron chi connectivity index (χ3n) is 3.53. The Kier molecular flexibility index (Phi) is 2.94. The van der Waals surface area contributed by atoms with Crippen molar-refractivity contribution in [3.63, 3.8) is 0 Å². The van der Waals surface area contributed by atoms with Gasteiger partial charge in [0, 0.05) is 5.41 Å². The van der Waals surface area contributed by atoms with E-state index in [4.69, 9.17) is 0 Å². The number of hydrogen-bond acceptors (Lipinski definition) is 3. The number of sulfone groups is 1. The van der Waals surface area contributed by atoms with E-state index in [0.717, 1.165) is 18.4 Å².